The minimum Gasteiger partial charge on any atom is -0.378 e. The van der Waals surface area contributed by atoms with Crippen molar-refractivity contribution in [3.63, 3.8) is 0 Å². The number of rotatable bonds is 5. The normalized spacial score (nSPS) is 31.7. The molecule has 1 fully saturated rings. The highest BCUT2D eigenvalue weighted by Gasteiger charge is 2.34. The van der Waals surface area contributed by atoms with E-state index in [1.54, 1.807) is 0 Å². The first-order chi connectivity index (χ1) is 6.74. The van der Waals surface area contributed by atoms with Gasteiger partial charge in [0, 0.05) is 18.6 Å². The van der Waals surface area contributed by atoms with Crippen molar-refractivity contribution in [3.8, 4) is 0 Å². The Morgan fingerprint density at radius 3 is 2.64 bits per heavy atom. The second kappa shape index (κ2) is 5.72. The van der Waals surface area contributed by atoms with Crippen LogP contribution in [0.5, 0.6) is 0 Å². The van der Waals surface area contributed by atoms with Crippen LogP contribution in [0.3, 0.4) is 0 Å². The molecule has 84 valence electrons. The number of hydrogen-bond donors (Lipinski definition) is 1. The maximum absolute atomic E-state index is 5.75. The topological polar surface area (TPSA) is 21.3 Å². The maximum Gasteiger partial charge on any atom is 0.0616 e. The molecule has 1 rings (SSSR count). The third kappa shape index (κ3) is 2.48. The van der Waals surface area contributed by atoms with Gasteiger partial charge in [0.25, 0.3) is 0 Å². The van der Waals surface area contributed by atoms with Crippen LogP contribution in [0.25, 0.3) is 0 Å². The molecule has 1 N–H and O–H groups in total. The van der Waals surface area contributed by atoms with Crippen LogP contribution in [-0.4, -0.2) is 25.8 Å². The van der Waals surface area contributed by atoms with Crippen molar-refractivity contribution in [1.82, 2.24) is 5.32 Å². The smallest absolute Gasteiger partial charge is 0.0616 e. The first-order valence-corrected chi connectivity index (χ1v) is 6.03. The van der Waals surface area contributed by atoms with Gasteiger partial charge < -0.3 is 10.1 Å². The lowest BCUT2D eigenvalue weighted by molar-refractivity contribution is 0.0713. The highest BCUT2D eigenvalue weighted by molar-refractivity contribution is 4.87. The van der Waals surface area contributed by atoms with Crippen LogP contribution in [0, 0.1) is 11.8 Å². The zero-order valence-corrected chi connectivity index (χ0v) is 10.0. The fraction of sp³-hybridized carbons (Fsp3) is 1.00. The Balaban J connectivity index is 2.58. The van der Waals surface area contributed by atoms with E-state index in [9.17, 15) is 0 Å². The molecular weight excluding hydrogens is 174 g/mol. The fourth-order valence-electron chi connectivity index (χ4n) is 2.67. The predicted octanol–water partition coefficient (Wildman–Crippen LogP) is 2.44. The molecule has 2 nitrogen and oxygen atoms in total. The van der Waals surface area contributed by atoms with Crippen molar-refractivity contribution in [3.05, 3.63) is 0 Å². The average Bonchev–Trinajstić information content (AvgIpc) is 2.66. The third-order valence-electron chi connectivity index (χ3n) is 3.71. The molecule has 2 heteroatoms. The van der Waals surface area contributed by atoms with Gasteiger partial charge in [-0.2, -0.15) is 0 Å². The molecule has 0 saturated carbocycles. The zero-order valence-electron chi connectivity index (χ0n) is 10.0. The number of hydrogen-bond acceptors (Lipinski definition) is 2. The summed E-state index contributed by atoms with van der Waals surface area (Å²) in [6.07, 6.45) is 4.12. The molecule has 0 spiro atoms. The van der Waals surface area contributed by atoms with Crippen LogP contribution in [0.2, 0.25) is 0 Å². The molecular formula is C12H25NO. The molecule has 0 bridgehead atoms. The van der Waals surface area contributed by atoms with E-state index in [2.05, 4.69) is 33.1 Å². The van der Waals surface area contributed by atoms with E-state index in [0.29, 0.717) is 12.1 Å². The molecule has 1 heterocycles. The SMILES string of the molecule is CCC(C)C(NC)C1CCOC1CC. The summed E-state index contributed by atoms with van der Waals surface area (Å²) in [5, 5.41) is 3.48. The Bertz CT molecular complexity index is 160. The van der Waals surface area contributed by atoms with Gasteiger partial charge in [-0.1, -0.05) is 27.2 Å². The van der Waals surface area contributed by atoms with Crippen LogP contribution in [0.1, 0.15) is 40.0 Å². The van der Waals surface area contributed by atoms with Gasteiger partial charge in [-0.25, -0.2) is 0 Å². The number of nitrogens with one attached hydrogen (secondary N) is 1. The first-order valence-electron chi connectivity index (χ1n) is 6.03. The van der Waals surface area contributed by atoms with Crippen LogP contribution < -0.4 is 5.32 Å². The van der Waals surface area contributed by atoms with Crippen LogP contribution in [0.4, 0.5) is 0 Å². The van der Waals surface area contributed by atoms with E-state index < -0.39 is 0 Å². The lowest BCUT2D eigenvalue weighted by Gasteiger charge is -2.31. The largest absolute Gasteiger partial charge is 0.378 e. The summed E-state index contributed by atoms with van der Waals surface area (Å²) in [7, 11) is 2.09. The van der Waals surface area contributed by atoms with Gasteiger partial charge in [0.2, 0.25) is 0 Å². The maximum atomic E-state index is 5.75. The highest BCUT2D eigenvalue weighted by Crippen LogP contribution is 2.30. The van der Waals surface area contributed by atoms with Gasteiger partial charge in [-0.15, -0.1) is 0 Å². The minimum atomic E-state index is 0.487. The fourth-order valence-corrected chi connectivity index (χ4v) is 2.67. The van der Waals surface area contributed by atoms with Gasteiger partial charge in [0.05, 0.1) is 6.10 Å². The van der Waals surface area contributed by atoms with E-state index in [0.717, 1.165) is 24.9 Å². The van der Waals surface area contributed by atoms with Crippen molar-refractivity contribution in [2.45, 2.75) is 52.2 Å². The van der Waals surface area contributed by atoms with Crippen LogP contribution >= 0.6 is 0 Å². The summed E-state index contributed by atoms with van der Waals surface area (Å²) < 4.78 is 5.75. The Morgan fingerprint density at radius 1 is 1.43 bits per heavy atom. The summed E-state index contributed by atoms with van der Waals surface area (Å²) in [6.45, 7) is 7.79. The lowest BCUT2D eigenvalue weighted by atomic mass is 9.83. The van der Waals surface area contributed by atoms with Crippen LogP contribution in [0.15, 0.2) is 0 Å². The number of ether oxygens (including phenoxy) is 1. The molecule has 14 heavy (non-hydrogen) atoms. The van der Waals surface area contributed by atoms with E-state index >= 15 is 0 Å². The first kappa shape index (κ1) is 12.0. The highest BCUT2D eigenvalue weighted by atomic mass is 16.5. The molecule has 0 radical (unpaired) electrons. The zero-order chi connectivity index (χ0) is 10.6. The monoisotopic (exact) mass is 199 g/mol. The van der Waals surface area contributed by atoms with E-state index in [1.165, 1.54) is 12.8 Å². The molecule has 0 aromatic heterocycles. The van der Waals surface area contributed by atoms with Crippen LogP contribution in [-0.2, 0) is 4.74 Å². The van der Waals surface area contributed by atoms with Crippen molar-refractivity contribution in [1.29, 1.82) is 0 Å². The van der Waals surface area contributed by atoms with E-state index in [-0.39, 0.29) is 0 Å². The molecule has 4 unspecified atom stereocenters. The molecule has 0 aromatic carbocycles. The van der Waals surface area contributed by atoms with Gasteiger partial charge >= 0.3 is 0 Å². The summed E-state index contributed by atoms with van der Waals surface area (Å²) in [6, 6.07) is 0.632. The second-order valence-electron chi connectivity index (χ2n) is 4.47. The van der Waals surface area contributed by atoms with Gasteiger partial charge in [0.15, 0.2) is 0 Å². The minimum absolute atomic E-state index is 0.487. The van der Waals surface area contributed by atoms with Crippen molar-refractivity contribution in [2.75, 3.05) is 13.7 Å². The molecule has 4 atom stereocenters. The molecule has 0 aromatic rings. The summed E-state index contributed by atoms with van der Waals surface area (Å²) >= 11 is 0. The lowest BCUT2D eigenvalue weighted by Crippen LogP contribution is -2.42. The van der Waals surface area contributed by atoms with Crippen molar-refractivity contribution < 1.29 is 4.74 Å². The van der Waals surface area contributed by atoms with Gasteiger partial charge in [0.1, 0.15) is 0 Å². The standard InChI is InChI=1S/C12H25NO/c1-5-9(3)12(13-4)10-7-8-14-11(10)6-2/h9-13H,5-8H2,1-4H3. The molecule has 1 aliphatic heterocycles. The predicted molar refractivity (Wildman–Crippen MR) is 60.4 cm³/mol. The molecule has 1 aliphatic rings. The Kier molecular flexibility index (Phi) is 4.90. The van der Waals surface area contributed by atoms with Gasteiger partial charge in [-0.3, -0.25) is 0 Å². The molecule has 0 amide bonds. The van der Waals surface area contributed by atoms with Crippen molar-refractivity contribution >= 4 is 0 Å². The summed E-state index contributed by atoms with van der Waals surface area (Å²) in [5.41, 5.74) is 0. The van der Waals surface area contributed by atoms with E-state index in [4.69, 9.17) is 4.74 Å². The molecule has 1 saturated heterocycles. The summed E-state index contributed by atoms with van der Waals surface area (Å²) in [5.74, 6) is 1.47. The molecule has 0 aliphatic carbocycles. The third-order valence-corrected chi connectivity index (χ3v) is 3.71. The van der Waals surface area contributed by atoms with Gasteiger partial charge in [-0.05, 0) is 25.8 Å². The average molecular weight is 199 g/mol. The quantitative estimate of drug-likeness (QED) is 0.734. The van der Waals surface area contributed by atoms with Crippen molar-refractivity contribution in [2.24, 2.45) is 11.8 Å². The van der Waals surface area contributed by atoms with E-state index in [1.807, 2.05) is 0 Å². The summed E-state index contributed by atoms with van der Waals surface area (Å²) in [4.78, 5) is 0. The second-order valence-corrected chi connectivity index (χ2v) is 4.47. The Labute approximate surface area is 88.4 Å². The Morgan fingerprint density at radius 2 is 2.14 bits per heavy atom. The Hall–Kier alpha value is -0.0800.